The second kappa shape index (κ2) is 8.64. The number of esters is 1. The topological polar surface area (TPSA) is 76.0 Å². The molecule has 0 saturated carbocycles. The first-order valence-electron chi connectivity index (χ1n) is 5.27. The SMILES string of the molecule is CCC(=O)OC(CC)OC(O)CCCO. The third kappa shape index (κ3) is 7.30. The van der Waals surface area contributed by atoms with Crippen molar-refractivity contribution in [2.24, 2.45) is 0 Å². The molecule has 0 radical (unpaired) electrons. The van der Waals surface area contributed by atoms with Gasteiger partial charge in [0.05, 0.1) is 0 Å². The van der Waals surface area contributed by atoms with Crippen molar-refractivity contribution in [2.75, 3.05) is 6.61 Å². The predicted octanol–water partition coefficient (Wildman–Crippen LogP) is 0.783. The Morgan fingerprint density at radius 3 is 2.53 bits per heavy atom. The summed E-state index contributed by atoms with van der Waals surface area (Å²) in [5.74, 6) is -0.351. The summed E-state index contributed by atoms with van der Waals surface area (Å²) in [5, 5.41) is 17.9. The Kier molecular flexibility index (Phi) is 8.27. The van der Waals surface area contributed by atoms with Crippen molar-refractivity contribution >= 4 is 5.97 Å². The second-order valence-electron chi connectivity index (χ2n) is 3.14. The molecule has 0 aliphatic rings. The summed E-state index contributed by atoms with van der Waals surface area (Å²) < 4.78 is 9.99. The third-order valence-corrected chi connectivity index (χ3v) is 1.80. The van der Waals surface area contributed by atoms with E-state index in [4.69, 9.17) is 14.6 Å². The van der Waals surface area contributed by atoms with Crippen LogP contribution in [0.1, 0.15) is 39.5 Å². The van der Waals surface area contributed by atoms with Crippen LogP contribution in [0.25, 0.3) is 0 Å². The van der Waals surface area contributed by atoms with Gasteiger partial charge in [-0.05, 0) is 6.42 Å². The van der Waals surface area contributed by atoms with Gasteiger partial charge in [0.15, 0.2) is 6.29 Å². The second-order valence-corrected chi connectivity index (χ2v) is 3.14. The Morgan fingerprint density at radius 1 is 1.40 bits per heavy atom. The van der Waals surface area contributed by atoms with Gasteiger partial charge in [0, 0.05) is 25.9 Å². The van der Waals surface area contributed by atoms with Gasteiger partial charge in [-0.15, -0.1) is 0 Å². The number of carbonyl (C=O) groups excluding carboxylic acids is 1. The number of hydrogen-bond acceptors (Lipinski definition) is 5. The van der Waals surface area contributed by atoms with E-state index < -0.39 is 12.6 Å². The lowest BCUT2D eigenvalue weighted by molar-refractivity contribution is -0.228. The number of aliphatic hydroxyl groups excluding tert-OH is 2. The quantitative estimate of drug-likeness (QED) is 0.467. The summed E-state index contributed by atoms with van der Waals surface area (Å²) in [6.45, 7) is 3.50. The minimum Gasteiger partial charge on any atom is -0.436 e. The van der Waals surface area contributed by atoms with E-state index >= 15 is 0 Å². The normalized spacial score (nSPS) is 14.7. The third-order valence-electron chi connectivity index (χ3n) is 1.80. The molecule has 2 atom stereocenters. The highest BCUT2D eigenvalue weighted by Gasteiger charge is 2.15. The van der Waals surface area contributed by atoms with Crippen LogP contribution in [0.2, 0.25) is 0 Å². The maximum Gasteiger partial charge on any atom is 0.307 e. The lowest BCUT2D eigenvalue weighted by Gasteiger charge is -2.20. The maximum absolute atomic E-state index is 11.0. The van der Waals surface area contributed by atoms with Gasteiger partial charge in [0.25, 0.3) is 0 Å². The summed E-state index contributed by atoms with van der Waals surface area (Å²) in [5.41, 5.74) is 0. The molecule has 0 aromatic heterocycles. The molecular weight excluding hydrogens is 200 g/mol. The fourth-order valence-corrected chi connectivity index (χ4v) is 0.946. The molecule has 5 heteroatoms. The molecule has 0 spiro atoms. The first-order valence-corrected chi connectivity index (χ1v) is 5.27. The Hall–Kier alpha value is -0.650. The summed E-state index contributed by atoms with van der Waals surface area (Å²) in [7, 11) is 0. The lowest BCUT2D eigenvalue weighted by Crippen LogP contribution is -2.26. The van der Waals surface area contributed by atoms with Crippen LogP contribution in [0.4, 0.5) is 0 Å². The fraction of sp³-hybridized carbons (Fsp3) is 0.900. The first-order chi connectivity index (χ1) is 7.13. The van der Waals surface area contributed by atoms with E-state index in [-0.39, 0.29) is 19.0 Å². The van der Waals surface area contributed by atoms with Crippen molar-refractivity contribution in [1.82, 2.24) is 0 Å². The highest BCUT2D eigenvalue weighted by atomic mass is 16.7. The lowest BCUT2D eigenvalue weighted by atomic mass is 10.3. The summed E-state index contributed by atoms with van der Waals surface area (Å²) in [6, 6.07) is 0. The Balaban J connectivity index is 3.81. The van der Waals surface area contributed by atoms with Crippen molar-refractivity contribution in [3.63, 3.8) is 0 Å². The van der Waals surface area contributed by atoms with Crippen molar-refractivity contribution in [3.05, 3.63) is 0 Å². The zero-order valence-electron chi connectivity index (χ0n) is 9.31. The largest absolute Gasteiger partial charge is 0.436 e. The number of hydrogen-bond donors (Lipinski definition) is 2. The van der Waals surface area contributed by atoms with E-state index in [9.17, 15) is 9.90 Å². The molecule has 0 amide bonds. The first kappa shape index (κ1) is 14.3. The Morgan fingerprint density at radius 2 is 2.07 bits per heavy atom. The zero-order chi connectivity index (χ0) is 11.7. The van der Waals surface area contributed by atoms with Gasteiger partial charge in [0.2, 0.25) is 6.29 Å². The summed E-state index contributed by atoms with van der Waals surface area (Å²) >= 11 is 0. The van der Waals surface area contributed by atoms with Gasteiger partial charge >= 0.3 is 5.97 Å². The van der Waals surface area contributed by atoms with Crippen LogP contribution >= 0.6 is 0 Å². The minimum absolute atomic E-state index is 0.00591. The van der Waals surface area contributed by atoms with E-state index in [0.717, 1.165) is 0 Å². The van der Waals surface area contributed by atoms with Crippen LogP contribution in [0, 0.1) is 0 Å². The Labute approximate surface area is 90.0 Å². The molecule has 0 fully saturated rings. The van der Waals surface area contributed by atoms with E-state index in [0.29, 0.717) is 19.3 Å². The average molecular weight is 220 g/mol. The predicted molar refractivity (Wildman–Crippen MR) is 53.9 cm³/mol. The summed E-state index contributed by atoms with van der Waals surface area (Å²) in [4.78, 5) is 11.0. The van der Waals surface area contributed by atoms with Crippen molar-refractivity contribution in [1.29, 1.82) is 0 Å². The zero-order valence-corrected chi connectivity index (χ0v) is 9.31. The molecule has 0 aromatic rings. The smallest absolute Gasteiger partial charge is 0.307 e. The van der Waals surface area contributed by atoms with E-state index in [2.05, 4.69) is 0 Å². The number of carbonyl (C=O) groups is 1. The van der Waals surface area contributed by atoms with Crippen molar-refractivity contribution in [3.8, 4) is 0 Å². The molecule has 0 rings (SSSR count). The highest BCUT2D eigenvalue weighted by molar-refractivity contribution is 5.68. The van der Waals surface area contributed by atoms with Crippen LogP contribution in [0.3, 0.4) is 0 Å². The van der Waals surface area contributed by atoms with E-state index in [1.807, 2.05) is 0 Å². The van der Waals surface area contributed by atoms with Crippen LogP contribution in [-0.2, 0) is 14.3 Å². The molecule has 0 bridgehead atoms. The van der Waals surface area contributed by atoms with Crippen molar-refractivity contribution in [2.45, 2.75) is 52.1 Å². The van der Waals surface area contributed by atoms with Crippen LogP contribution in [-0.4, -0.2) is 35.4 Å². The van der Waals surface area contributed by atoms with Crippen molar-refractivity contribution < 1.29 is 24.5 Å². The average Bonchev–Trinajstić information content (AvgIpc) is 2.25. The highest BCUT2D eigenvalue weighted by Crippen LogP contribution is 2.08. The molecule has 90 valence electrons. The van der Waals surface area contributed by atoms with Gasteiger partial charge in [0.1, 0.15) is 0 Å². The molecule has 0 heterocycles. The molecule has 0 saturated heterocycles. The molecule has 0 aliphatic heterocycles. The molecule has 2 N–H and O–H groups in total. The molecular formula is C10H20O5. The minimum atomic E-state index is -0.994. The molecule has 5 nitrogen and oxygen atoms in total. The monoisotopic (exact) mass is 220 g/mol. The number of aliphatic hydroxyl groups is 2. The molecule has 2 unspecified atom stereocenters. The molecule has 0 aromatic carbocycles. The van der Waals surface area contributed by atoms with E-state index in [1.54, 1.807) is 13.8 Å². The van der Waals surface area contributed by atoms with Gasteiger partial charge in [-0.25, -0.2) is 0 Å². The van der Waals surface area contributed by atoms with Crippen LogP contribution in [0.15, 0.2) is 0 Å². The summed E-state index contributed by atoms with van der Waals surface area (Å²) in [6.07, 6.45) is -0.136. The van der Waals surface area contributed by atoms with Crippen LogP contribution < -0.4 is 0 Å². The standard InChI is InChI=1S/C10H20O5/c1-3-8(12)14-10(4-2)15-9(13)6-5-7-11/h9-11,13H,3-7H2,1-2H3. The fourth-order valence-electron chi connectivity index (χ4n) is 0.946. The Bertz CT molecular complexity index is 171. The van der Waals surface area contributed by atoms with Gasteiger partial charge < -0.3 is 19.7 Å². The van der Waals surface area contributed by atoms with Crippen LogP contribution in [0.5, 0.6) is 0 Å². The number of ether oxygens (including phenoxy) is 2. The van der Waals surface area contributed by atoms with Gasteiger partial charge in [-0.2, -0.15) is 0 Å². The van der Waals surface area contributed by atoms with E-state index in [1.165, 1.54) is 0 Å². The number of rotatable bonds is 8. The molecule has 15 heavy (non-hydrogen) atoms. The maximum atomic E-state index is 11.0. The van der Waals surface area contributed by atoms with Gasteiger partial charge in [-0.3, -0.25) is 4.79 Å². The molecule has 0 aliphatic carbocycles. The van der Waals surface area contributed by atoms with Gasteiger partial charge in [-0.1, -0.05) is 13.8 Å².